The number of anilines is 2. The second-order valence-corrected chi connectivity index (χ2v) is 9.17. The number of nitrogens with two attached hydrogens (primary N) is 1. The average Bonchev–Trinajstić information content (AvgIpc) is 2.99. The van der Waals surface area contributed by atoms with Crippen molar-refractivity contribution < 1.29 is 8.42 Å². The van der Waals surface area contributed by atoms with Crippen LogP contribution in [-0.4, -0.2) is 36.1 Å². The van der Waals surface area contributed by atoms with Crippen LogP contribution in [0.1, 0.15) is 19.3 Å². The molecule has 19 heavy (non-hydrogen) atoms. The monoisotopic (exact) mass is 319 g/mol. The number of rotatable bonds is 5. The zero-order chi connectivity index (χ0) is 13.5. The van der Waals surface area contributed by atoms with E-state index in [1.165, 1.54) is 12.2 Å². The van der Waals surface area contributed by atoms with Crippen molar-refractivity contribution >= 4 is 44.0 Å². The molecule has 1 saturated carbocycles. The summed E-state index contributed by atoms with van der Waals surface area (Å²) in [4.78, 5) is 0.241. The van der Waals surface area contributed by atoms with Gasteiger partial charge >= 0.3 is 0 Å². The molecule has 2 aliphatic rings. The van der Waals surface area contributed by atoms with Crippen LogP contribution in [0.4, 0.5) is 10.8 Å². The van der Waals surface area contributed by atoms with Gasteiger partial charge in [0.15, 0.2) is 15.7 Å². The Morgan fingerprint density at radius 2 is 2.16 bits per heavy atom. The summed E-state index contributed by atoms with van der Waals surface area (Å²) in [6.07, 6.45) is 2.68. The Morgan fingerprint density at radius 3 is 2.79 bits per heavy atom. The van der Waals surface area contributed by atoms with E-state index < -0.39 is 9.84 Å². The lowest BCUT2D eigenvalue weighted by Gasteiger charge is -2.11. The Morgan fingerprint density at radius 1 is 1.37 bits per heavy atom. The maximum Gasteiger partial charge on any atom is 0.187 e. The van der Waals surface area contributed by atoms with E-state index in [9.17, 15) is 8.42 Å². The lowest BCUT2D eigenvalue weighted by Crippen LogP contribution is -2.16. The van der Waals surface area contributed by atoms with Crippen LogP contribution in [0.15, 0.2) is 4.90 Å². The Balaban J connectivity index is 1.78. The van der Waals surface area contributed by atoms with Crippen molar-refractivity contribution in [3.05, 3.63) is 0 Å². The quantitative estimate of drug-likeness (QED) is 0.861. The van der Waals surface area contributed by atoms with E-state index in [1.807, 2.05) is 11.8 Å². The summed E-state index contributed by atoms with van der Waals surface area (Å²) in [5.74, 6) is 3.11. The van der Waals surface area contributed by atoms with Gasteiger partial charge in [-0.05, 0) is 48.2 Å². The first-order chi connectivity index (χ1) is 9.09. The lowest BCUT2D eigenvalue weighted by molar-refractivity contribution is 0.595. The van der Waals surface area contributed by atoms with Gasteiger partial charge in [0, 0.05) is 6.54 Å². The number of sulfone groups is 1. The fraction of sp³-hybridized carbons (Fsp3) is 0.727. The molecule has 0 amide bonds. The molecule has 3 N–H and O–H groups in total. The van der Waals surface area contributed by atoms with Crippen LogP contribution in [0.25, 0.3) is 0 Å². The van der Waals surface area contributed by atoms with Crippen molar-refractivity contribution in [3.63, 3.8) is 0 Å². The van der Waals surface area contributed by atoms with Gasteiger partial charge in [-0.1, -0.05) is 0 Å². The molecule has 3 rings (SSSR count). The Bertz CT molecular complexity index is 560. The second-order valence-electron chi connectivity index (χ2n) is 5.08. The second kappa shape index (κ2) is 5.14. The van der Waals surface area contributed by atoms with Crippen molar-refractivity contribution in [1.82, 2.24) is 4.37 Å². The summed E-state index contributed by atoms with van der Waals surface area (Å²) < 4.78 is 28.7. The highest BCUT2D eigenvalue weighted by molar-refractivity contribution is 7.99. The number of nitrogen functional groups attached to an aromatic ring is 1. The molecule has 0 bridgehead atoms. The number of nitrogens with one attached hydrogen (secondary N) is 1. The summed E-state index contributed by atoms with van der Waals surface area (Å²) in [6.45, 7) is 0.807. The summed E-state index contributed by atoms with van der Waals surface area (Å²) in [5, 5.41) is 3.63. The lowest BCUT2D eigenvalue weighted by atomic mass is 10.1. The first-order valence-corrected chi connectivity index (χ1v) is 9.87. The zero-order valence-corrected chi connectivity index (χ0v) is 12.9. The van der Waals surface area contributed by atoms with Gasteiger partial charge in [-0.2, -0.15) is 16.1 Å². The van der Waals surface area contributed by atoms with Gasteiger partial charge in [-0.15, -0.1) is 0 Å². The van der Waals surface area contributed by atoms with Crippen LogP contribution in [0.5, 0.6) is 0 Å². The number of hydrogen-bond acceptors (Lipinski definition) is 7. The topological polar surface area (TPSA) is 85.1 Å². The van der Waals surface area contributed by atoms with Gasteiger partial charge in [0.05, 0.1) is 5.25 Å². The third-order valence-corrected chi connectivity index (χ3v) is 8.01. The molecule has 2 fully saturated rings. The predicted octanol–water partition coefficient (Wildman–Crippen LogP) is 1.83. The van der Waals surface area contributed by atoms with Crippen LogP contribution in [0.2, 0.25) is 0 Å². The van der Waals surface area contributed by atoms with E-state index in [-0.39, 0.29) is 16.0 Å². The SMILES string of the molecule is Nc1nsc(NCC2CCSC2)c1S(=O)(=O)C1CC1. The predicted molar refractivity (Wildman–Crippen MR) is 80.7 cm³/mol. The van der Waals surface area contributed by atoms with Crippen molar-refractivity contribution in [2.75, 3.05) is 29.1 Å². The minimum Gasteiger partial charge on any atom is -0.382 e. The van der Waals surface area contributed by atoms with Gasteiger partial charge in [0.1, 0.15) is 9.90 Å². The van der Waals surface area contributed by atoms with E-state index in [4.69, 9.17) is 5.73 Å². The number of thioether (sulfide) groups is 1. The van der Waals surface area contributed by atoms with Crippen LogP contribution in [-0.2, 0) is 9.84 Å². The molecule has 5 nitrogen and oxygen atoms in total. The minimum atomic E-state index is -3.27. The Hall–Kier alpha value is -0.470. The Kier molecular flexibility index (Phi) is 3.65. The standard InChI is InChI=1S/C11H17N3O2S3/c12-10-9(19(15,16)8-1-2-8)11(18-14-10)13-5-7-3-4-17-6-7/h7-8,13H,1-6H2,(H2,12,14). The molecule has 1 aromatic heterocycles. The molecule has 8 heteroatoms. The molecule has 1 aliphatic carbocycles. The molecule has 0 radical (unpaired) electrons. The first-order valence-electron chi connectivity index (χ1n) is 6.39. The van der Waals surface area contributed by atoms with Crippen molar-refractivity contribution in [1.29, 1.82) is 0 Å². The Labute approximate surface area is 121 Å². The molecule has 1 aromatic rings. The van der Waals surface area contributed by atoms with Crippen LogP contribution in [0.3, 0.4) is 0 Å². The fourth-order valence-corrected chi connectivity index (χ4v) is 6.38. The summed E-state index contributed by atoms with van der Waals surface area (Å²) >= 11 is 3.11. The van der Waals surface area contributed by atoms with E-state index in [0.717, 1.165) is 36.7 Å². The minimum absolute atomic E-state index is 0.153. The molecular weight excluding hydrogens is 302 g/mol. The smallest absolute Gasteiger partial charge is 0.187 e. The highest BCUT2D eigenvalue weighted by atomic mass is 32.2. The van der Waals surface area contributed by atoms with Gasteiger partial charge in [0.25, 0.3) is 0 Å². The average molecular weight is 319 g/mol. The zero-order valence-electron chi connectivity index (χ0n) is 10.5. The highest BCUT2D eigenvalue weighted by Crippen LogP contribution is 2.41. The van der Waals surface area contributed by atoms with Crippen LogP contribution in [0, 0.1) is 5.92 Å². The van der Waals surface area contributed by atoms with Gasteiger partial charge in [0.2, 0.25) is 0 Å². The third-order valence-electron chi connectivity index (χ3n) is 3.50. The first kappa shape index (κ1) is 13.5. The van der Waals surface area contributed by atoms with Crippen LogP contribution >= 0.6 is 23.3 Å². The van der Waals surface area contributed by atoms with Crippen LogP contribution < -0.4 is 11.1 Å². The fourth-order valence-electron chi connectivity index (χ4n) is 2.21. The molecule has 2 heterocycles. The normalized spacial score (nSPS) is 23.7. The maximum atomic E-state index is 12.3. The molecule has 1 unspecified atom stereocenters. The van der Waals surface area contributed by atoms with Crippen molar-refractivity contribution in [3.8, 4) is 0 Å². The molecule has 0 aromatic carbocycles. The largest absolute Gasteiger partial charge is 0.382 e. The van der Waals surface area contributed by atoms with E-state index in [1.54, 1.807) is 0 Å². The van der Waals surface area contributed by atoms with Crippen molar-refractivity contribution in [2.45, 2.75) is 29.4 Å². The maximum absolute atomic E-state index is 12.3. The summed E-state index contributed by atoms with van der Waals surface area (Å²) in [7, 11) is -3.27. The van der Waals surface area contributed by atoms with E-state index >= 15 is 0 Å². The van der Waals surface area contributed by atoms with Crippen molar-refractivity contribution in [2.24, 2.45) is 5.92 Å². The molecule has 106 valence electrons. The highest BCUT2D eigenvalue weighted by Gasteiger charge is 2.40. The van der Waals surface area contributed by atoms with Gasteiger partial charge < -0.3 is 11.1 Å². The van der Waals surface area contributed by atoms with E-state index in [0.29, 0.717) is 10.9 Å². The molecule has 0 spiro atoms. The van der Waals surface area contributed by atoms with E-state index in [2.05, 4.69) is 9.69 Å². The molecular formula is C11H17N3O2S3. The number of nitrogens with zero attached hydrogens (tertiary/aromatic N) is 1. The molecule has 1 saturated heterocycles. The molecule has 1 aliphatic heterocycles. The summed E-state index contributed by atoms with van der Waals surface area (Å²) in [5.41, 5.74) is 5.75. The van der Waals surface area contributed by atoms with Gasteiger partial charge in [-0.3, -0.25) is 0 Å². The summed E-state index contributed by atoms with van der Waals surface area (Å²) in [6, 6.07) is 0. The number of hydrogen-bond donors (Lipinski definition) is 2. The third kappa shape index (κ3) is 2.71. The molecule has 1 atom stereocenters. The number of aromatic nitrogens is 1. The van der Waals surface area contributed by atoms with Gasteiger partial charge in [-0.25, -0.2) is 8.42 Å².